The van der Waals surface area contributed by atoms with E-state index >= 15 is 0 Å². The van der Waals surface area contributed by atoms with Gasteiger partial charge in [0.05, 0.1) is 4.90 Å². The Labute approximate surface area is 130 Å². The number of hydrogen-bond donors (Lipinski definition) is 3. The fourth-order valence-electron chi connectivity index (χ4n) is 1.67. The van der Waals surface area contributed by atoms with Crippen LogP contribution < -0.4 is 16.2 Å². The zero-order valence-corrected chi connectivity index (χ0v) is 13.1. The van der Waals surface area contributed by atoms with E-state index in [9.17, 15) is 13.2 Å². The first-order valence-corrected chi connectivity index (χ1v) is 8.10. The molecule has 0 saturated heterocycles. The number of carbonyl (C=O) groups is 1. The largest absolute Gasteiger partial charge is 0.399 e. The molecule has 0 unspecified atom stereocenters. The number of carbonyl (C=O) groups excluding carboxylic acids is 1. The molecule has 0 aliphatic heterocycles. The number of nitrogens with two attached hydrogens (primary N) is 2. The summed E-state index contributed by atoms with van der Waals surface area (Å²) in [5.74, 6) is -0.355. The highest BCUT2D eigenvalue weighted by molar-refractivity contribution is 9.10. The number of benzene rings is 2. The third-order valence-corrected chi connectivity index (χ3v) is 4.01. The van der Waals surface area contributed by atoms with Crippen LogP contribution in [-0.4, -0.2) is 14.3 Å². The van der Waals surface area contributed by atoms with Gasteiger partial charge in [-0.1, -0.05) is 15.9 Å². The molecular formula is C13H12BrN3O3S. The Balaban J connectivity index is 2.20. The van der Waals surface area contributed by atoms with Crippen LogP contribution in [-0.2, 0) is 10.0 Å². The average Bonchev–Trinajstić information content (AvgIpc) is 2.37. The molecule has 0 aliphatic carbocycles. The smallest absolute Gasteiger partial charge is 0.255 e. The average molecular weight is 370 g/mol. The minimum Gasteiger partial charge on any atom is -0.399 e. The van der Waals surface area contributed by atoms with Crippen LogP contribution in [0.1, 0.15) is 10.4 Å². The minimum absolute atomic E-state index is 0.0211. The van der Waals surface area contributed by atoms with Gasteiger partial charge in [-0.25, -0.2) is 13.6 Å². The molecule has 0 aliphatic rings. The third-order valence-electron chi connectivity index (χ3n) is 2.62. The lowest BCUT2D eigenvalue weighted by molar-refractivity contribution is 0.102. The van der Waals surface area contributed by atoms with Gasteiger partial charge in [0.15, 0.2) is 0 Å². The van der Waals surface area contributed by atoms with Crippen molar-refractivity contribution in [3.05, 3.63) is 52.5 Å². The van der Waals surface area contributed by atoms with Crippen LogP contribution in [0.15, 0.2) is 51.8 Å². The maximum Gasteiger partial charge on any atom is 0.255 e. The predicted molar refractivity (Wildman–Crippen MR) is 84.3 cm³/mol. The van der Waals surface area contributed by atoms with Crippen molar-refractivity contribution in [2.45, 2.75) is 4.90 Å². The third kappa shape index (κ3) is 4.03. The number of rotatable bonds is 3. The predicted octanol–water partition coefficient (Wildman–Crippen LogP) is 1.93. The molecule has 5 N–H and O–H groups in total. The van der Waals surface area contributed by atoms with Crippen molar-refractivity contribution in [2.24, 2.45) is 5.14 Å². The lowest BCUT2D eigenvalue weighted by Crippen LogP contribution is -2.14. The van der Waals surface area contributed by atoms with E-state index < -0.39 is 10.0 Å². The zero-order valence-electron chi connectivity index (χ0n) is 10.7. The summed E-state index contributed by atoms with van der Waals surface area (Å²) in [6.07, 6.45) is 0. The molecular weight excluding hydrogens is 358 g/mol. The minimum atomic E-state index is -3.75. The lowest BCUT2D eigenvalue weighted by Gasteiger charge is -2.07. The first kappa shape index (κ1) is 15.5. The van der Waals surface area contributed by atoms with E-state index in [0.29, 0.717) is 21.4 Å². The van der Waals surface area contributed by atoms with Gasteiger partial charge in [0, 0.05) is 21.4 Å². The Bertz CT molecular complexity index is 769. The molecule has 0 saturated carbocycles. The molecule has 0 radical (unpaired) electrons. The van der Waals surface area contributed by atoms with E-state index in [1.54, 1.807) is 18.2 Å². The van der Waals surface area contributed by atoms with Crippen LogP contribution in [0.5, 0.6) is 0 Å². The second kappa shape index (κ2) is 5.84. The summed E-state index contributed by atoms with van der Waals surface area (Å²) in [5.41, 5.74) is 6.96. The number of nitrogens with one attached hydrogen (secondary N) is 1. The van der Waals surface area contributed by atoms with Crippen molar-refractivity contribution >= 4 is 43.2 Å². The van der Waals surface area contributed by atoms with Crippen molar-refractivity contribution in [1.82, 2.24) is 0 Å². The van der Waals surface area contributed by atoms with Crippen molar-refractivity contribution in [3.63, 3.8) is 0 Å². The topological polar surface area (TPSA) is 115 Å². The monoisotopic (exact) mass is 369 g/mol. The number of amides is 1. The molecule has 1 amide bonds. The van der Waals surface area contributed by atoms with Gasteiger partial charge in [-0.2, -0.15) is 0 Å². The van der Waals surface area contributed by atoms with Gasteiger partial charge >= 0.3 is 0 Å². The number of sulfonamides is 1. The fraction of sp³-hybridized carbons (Fsp3) is 0. The van der Waals surface area contributed by atoms with Gasteiger partial charge in [0.25, 0.3) is 5.91 Å². The van der Waals surface area contributed by atoms with E-state index in [-0.39, 0.29) is 10.8 Å². The van der Waals surface area contributed by atoms with Gasteiger partial charge in [-0.15, -0.1) is 0 Å². The van der Waals surface area contributed by atoms with Crippen LogP contribution in [0.2, 0.25) is 0 Å². The number of primary sulfonamides is 1. The molecule has 8 heteroatoms. The first-order valence-electron chi connectivity index (χ1n) is 5.76. The molecule has 0 fully saturated rings. The Hall–Kier alpha value is -1.90. The van der Waals surface area contributed by atoms with E-state index in [1.807, 2.05) is 0 Å². The summed E-state index contributed by atoms with van der Waals surface area (Å²) in [6, 6.07) is 10.4. The maximum absolute atomic E-state index is 12.1. The standard InChI is InChI=1S/C13H12BrN3O3S/c14-9-5-8(6-10(15)7-9)13(18)17-11-1-3-12(4-2-11)21(16,19)20/h1-7H,15H2,(H,17,18)(H2,16,19,20). The SMILES string of the molecule is Nc1cc(Br)cc(C(=O)Nc2ccc(S(N)(=O)=O)cc2)c1. The summed E-state index contributed by atoms with van der Waals surface area (Å²) in [7, 11) is -3.75. The van der Waals surface area contributed by atoms with Crippen molar-refractivity contribution in [2.75, 3.05) is 11.1 Å². The number of nitrogen functional groups attached to an aromatic ring is 1. The van der Waals surface area contributed by atoms with Crippen molar-refractivity contribution in [3.8, 4) is 0 Å². The maximum atomic E-state index is 12.1. The van der Waals surface area contributed by atoms with E-state index in [4.69, 9.17) is 10.9 Å². The second-order valence-corrected chi connectivity index (χ2v) is 6.77. The highest BCUT2D eigenvalue weighted by atomic mass is 79.9. The van der Waals surface area contributed by atoms with Gasteiger partial charge in [0.2, 0.25) is 10.0 Å². The fourth-order valence-corrected chi connectivity index (χ4v) is 2.70. The summed E-state index contributed by atoms with van der Waals surface area (Å²) in [5, 5.41) is 7.64. The van der Waals surface area contributed by atoms with Crippen molar-refractivity contribution in [1.29, 1.82) is 0 Å². The Morgan fingerprint density at radius 1 is 1.10 bits per heavy atom. The Kier molecular flexibility index (Phi) is 4.31. The molecule has 2 aromatic rings. The van der Waals surface area contributed by atoms with Crippen LogP contribution in [0, 0.1) is 0 Å². The molecule has 21 heavy (non-hydrogen) atoms. The summed E-state index contributed by atoms with van der Waals surface area (Å²) in [6.45, 7) is 0. The number of anilines is 2. The number of hydrogen-bond acceptors (Lipinski definition) is 4. The van der Waals surface area contributed by atoms with E-state index in [1.165, 1.54) is 24.3 Å². The highest BCUT2D eigenvalue weighted by Crippen LogP contribution is 2.19. The molecule has 110 valence electrons. The Morgan fingerprint density at radius 3 is 2.24 bits per heavy atom. The summed E-state index contributed by atoms with van der Waals surface area (Å²) < 4.78 is 23.0. The molecule has 0 heterocycles. The molecule has 6 nitrogen and oxygen atoms in total. The van der Waals surface area contributed by atoms with E-state index in [2.05, 4.69) is 21.2 Å². The van der Waals surface area contributed by atoms with Gasteiger partial charge in [-0.3, -0.25) is 4.79 Å². The van der Waals surface area contributed by atoms with Gasteiger partial charge < -0.3 is 11.1 Å². The Morgan fingerprint density at radius 2 is 1.71 bits per heavy atom. The molecule has 2 aromatic carbocycles. The van der Waals surface area contributed by atoms with Crippen LogP contribution >= 0.6 is 15.9 Å². The first-order chi connectivity index (χ1) is 9.75. The van der Waals surface area contributed by atoms with Crippen LogP contribution in [0.25, 0.3) is 0 Å². The van der Waals surface area contributed by atoms with Crippen molar-refractivity contribution < 1.29 is 13.2 Å². The van der Waals surface area contributed by atoms with E-state index in [0.717, 1.165) is 0 Å². The zero-order chi connectivity index (χ0) is 15.6. The molecule has 0 bridgehead atoms. The van der Waals surface area contributed by atoms with Gasteiger partial charge in [-0.05, 0) is 42.5 Å². The molecule has 0 aromatic heterocycles. The highest BCUT2D eigenvalue weighted by Gasteiger charge is 2.10. The normalized spacial score (nSPS) is 11.1. The quantitative estimate of drug-likeness (QED) is 0.716. The summed E-state index contributed by atoms with van der Waals surface area (Å²) >= 11 is 3.26. The summed E-state index contributed by atoms with van der Waals surface area (Å²) in [4.78, 5) is 12.0. The van der Waals surface area contributed by atoms with Gasteiger partial charge in [0.1, 0.15) is 0 Å². The van der Waals surface area contributed by atoms with Crippen LogP contribution in [0.4, 0.5) is 11.4 Å². The van der Waals surface area contributed by atoms with Crippen LogP contribution in [0.3, 0.4) is 0 Å². The lowest BCUT2D eigenvalue weighted by atomic mass is 10.2. The molecule has 0 atom stereocenters. The number of halogens is 1. The molecule has 0 spiro atoms. The second-order valence-electron chi connectivity index (χ2n) is 4.30. The molecule has 2 rings (SSSR count).